The van der Waals surface area contributed by atoms with E-state index in [0.29, 0.717) is 36.7 Å². The number of piperidine rings is 1. The molecule has 1 fully saturated rings. The molecule has 0 radical (unpaired) electrons. The fourth-order valence-electron chi connectivity index (χ4n) is 3.45. The van der Waals surface area contributed by atoms with Crippen LogP contribution < -0.4 is 0 Å². The molecule has 1 saturated heterocycles. The predicted octanol–water partition coefficient (Wildman–Crippen LogP) is 3.65. The summed E-state index contributed by atoms with van der Waals surface area (Å²) in [6.07, 6.45) is 1.31. The Hall–Kier alpha value is -3.48. The van der Waals surface area contributed by atoms with Crippen LogP contribution in [0.25, 0.3) is 22.9 Å². The summed E-state index contributed by atoms with van der Waals surface area (Å²) in [6.45, 7) is 2.84. The summed E-state index contributed by atoms with van der Waals surface area (Å²) >= 11 is 0. The molecule has 1 aliphatic heterocycles. The number of aromatic nitrogens is 2. The van der Waals surface area contributed by atoms with Crippen LogP contribution in [0.2, 0.25) is 0 Å². The average molecular weight is 391 g/mol. The molecule has 2 heterocycles. The molecule has 1 aliphatic rings. The summed E-state index contributed by atoms with van der Waals surface area (Å²) < 4.78 is 5.77. The van der Waals surface area contributed by atoms with E-state index in [1.165, 1.54) is 0 Å². The number of hydrogen-bond acceptors (Lipinski definition) is 5. The smallest absolute Gasteiger partial charge is 0.308 e. The second-order valence-electron chi connectivity index (χ2n) is 7.28. The summed E-state index contributed by atoms with van der Waals surface area (Å²) in [5, 5.41) is 17.4. The second kappa shape index (κ2) is 7.87. The normalized spacial score (nSPS) is 16.6. The molecule has 0 aliphatic carbocycles. The van der Waals surface area contributed by atoms with E-state index in [2.05, 4.69) is 10.2 Å². The van der Waals surface area contributed by atoms with Gasteiger partial charge in [0.25, 0.3) is 5.91 Å². The standard InChI is InChI=1S/C22H21N3O4/c1-14-4-6-15(7-5-14)19-23-24-20(29-19)16-8-10-17(11-9-16)21(26)25-12-2-3-18(13-25)22(27)28/h4-11,18H,2-3,12-13H2,1H3,(H,27,28)/t18-/m1/s1. The number of hydrogen-bond donors (Lipinski definition) is 1. The second-order valence-corrected chi connectivity index (χ2v) is 7.28. The SMILES string of the molecule is Cc1ccc(-c2nnc(-c3ccc(C(=O)N4CCC[C@@H](C(=O)O)C4)cc3)o2)cc1. The van der Waals surface area contributed by atoms with Crippen molar-refractivity contribution in [2.75, 3.05) is 13.1 Å². The Balaban J connectivity index is 1.49. The largest absolute Gasteiger partial charge is 0.481 e. The molecule has 1 atom stereocenters. The van der Waals surface area contributed by atoms with Crippen LogP contribution in [0, 0.1) is 12.8 Å². The number of carbonyl (C=O) groups is 2. The first-order valence-electron chi connectivity index (χ1n) is 9.54. The van der Waals surface area contributed by atoms with Crippen LogP contribution in [0.15, 0.2) is 52.9 Å². The lowest BCUT2D eigenvalue weighted by molar-refractivity contribution is -0.143. The number of amides is 1. The average Bonchev–Trinajstić information content (AvgIpc) is 3.24. The van der Waals surface area contributed by atoms with Crippen LogP contribution in [0.4, 0.5) is 0 Å². The minimum Gasteiger partial charge on any atom is -0.481 e. The number of aryl methyl sites for hydroxylation is 1. The third-order valence-electron chi connectivity index (χ3n) is 5.16. The molecule has 0 spiro atoms. The van der Waals surface area contributed by atoms with E-state index in [0.717, 1.165) is 16.7 Å². The van der Waals surface area contributed by atoms with Crippen molar-refractivity contribution >= 4 is 11.9 Å². The van der Waals surface area contributed by atoms with Gasteiger partial charge in [-0.25, -0.2) is 0 Å². The predicted molar refractivity (Wildman–Crippen MR) is 106 cm³/mol. The molecule has 4 rings (SSSR count). The van der Waals surface area contributed by atoms with Gasteiger partial charge in [-0.05, 0) is 56.2 Å². The summed E-state index contributed by atoms with van der Waals surface area (Å²) in [7, 11) is 0. The van der Waals surface area contributed by atoms with Gasteiger partial charge >= 0.3 is 5.97 Å². The Bertz CT molecular complexity index is 1020. The summed E-state index contributed by atoms with van der Waals surface area (Å²) in [4.78, 5) is 25.5. The number of carboxylic acids is 1. The van der Waals surface area contributed by atoms with Gasteiger partial charge in [0.05, 0.1) is 5.92 Å². The molecule has 1 aromatic heterocycles. The van der Waals surface area contributed by atoms with Crippen molar-refractivity contribution < 1.29 is 19.1 Å². The molecular formula is C22H21N3O4. The van der Waals surface area contributed by atoms with Crippen LogP contribution in [0.1, 0.15) is 28.8 Å². The van der Waals surface area contributed by atoms with Gasteiger partial charge in [0, 0.05) is 29.8 Å². The first-order chi connectivity index (χ1) is 14.0. The van der Waals surface area contributed by atoms with Crippen LogP contribution in [0.5, 0.6) is 0 Å². The molecule has 7 nitrogen and oxygen atoms in total. The Kier molecular flexibility index (Phi) is 5.12. The fraction of sp³-hybridized carbons (Fsp3) is 0.273. The summed E-state index contributed by atoms with van der Waals surface area (Å²) in [5.41, 5.74) is 3.23. The van der Waals surface area contributed by atoms with Gasteiger partial charge in [0.1, 0.15) is 0 Å². The molecular weight excluding hydrogens is 370 g/mol. The molecule has 1 amide bonds. The van der Waals surface area contributed by atoms with Crippen molar-refractivity contribution in [2.45, 2.75) is 19.8 Å². The molecule has 7 heteroatoms. The van der Waals surface area contributed by atoms with E-state index in [4.69, 9.17) is 4.42 Å². The number of likely N-dealkylation sites (tertiary alicyclic amines) is 1. The minimum absolute atomic E-state index is 0.159. The Morgan fingerprint density at radius 2 is 1.59 bits per heavy atom. The molecule has 2 aromatic carbocycles. The van der Waals surface area contributed by atoms with Crippen molar-refractivity contribution in [3.63, 3.8) is 0 Å². The maximum absolute atomic E-state index is 12.7. The number of aliphatic carboxylic acids is 1. The van der Waals surface area contributed by atoms with Gasteiger partial charge in [0.2, 0.25) is 11.8 Å². The van der Waals surface area contributed by atoms with Crippen molar-refractivity contribution in [1.82, 2.24) is 15.1 Å². The van der Waals surface area contributed by atoms with Crippen LogP contribution in [-0.4, -0.2) is 45.2 Å². The maximum atomic E-state index is 12.7. The number of rotatable bonds is 4. The molecule has 29 heavy (non-hydrogen) atoms. The highest BCUT2D eigenvalue weighted by molar-refractivity contribution is 5.95. The quantitative estimate of drug-likeness (QED) is 0.729. The highest BCUT2D eigenvalue weighted by atomic mass is 16.4. The molecule has 0 unspecified atom stereocenters. The summed E-state index contributed by atoms with van der Waals surface area (Å²) in [5.74, 6) is -0.686. The highest BCUT2D eigenvalue weighted by Crippen LogP contribution is 2.25. The van der Waals surface area contributed by atoms with Gasteiger partial charge in [-0.2, -0.15) is 0 Å². The first kappa shape index (κ1) is 18.9. The lowest BCUT2D eigenvalue weighted by atomic mass is 9.97. The molecule has 0 saturated carbocycles. The van der Waals surface area contributed by atoms with Gasteiger partial charge in [0.15, 0.2) is 0 Å². The lowest BCUT2D eigenvalue weighted by Gasteiger charge is -2.30. The Morgan fingerprint density at radius 1 is 1.00 bits per heavy atom. The molecule has 1 N–H and O–H groups in total. The van der Waals surface area contributed by atoms with Crippen molar-refractivity contribution in [3.8, 4) is 22.9 Å². The topological polar surface area (TPSA) is 96.5 Å². The van der Waals surface area contributed by atoms with Gasteiger partial charge in [-0.1, -0.05) is 17.7 Å². The van der Waals surface area contributed by atoms with Crippen molar-refractivity contribution in [1.29, 1.82) is 0 Å². The summed E-state index contributed by atoms with van der Waals surface area (Å²) in [6, 6.07) is 14.8. The monoisotopic (exact) mass is 391 g/mol. The van der Waals surface area contributed by atoms with E-state index < -0.39 is 11.9 Å². The molecule has 0 bridgehead atoms. The van der Waals surface area contributed by atoms with E-state index in [1.807, 2.05) is 31.2 Å². The van der Waals surface area contributed by atoms with E-state index in [-0.39, 0.29) is 12.5 Å². The number of carboxylic acid groups (broad SMARTS) is 1. The van der Waals surface area contributed by atoms with E-state index in [1.54, 1.807) is 29.2 Å². The third-order valence-corrected chi connectivity index (χ3v) is 5.16. The maximum Gasteiger partial charge on any atom is 0.308 e. The van der Waals surface area contributed by atoms with Crippen LogP contribution in [-0.2, 0) is 4.79 Å². The number of benzene rings is 2. The Morgan fingerprint density at radius 3 is 2.17 bits per heavy atom. The van der Waals surface area contributed by atoms with Crippen molar-refractivity contribution in [3.05, 3.63) is 59.7 Å². The Labute approximate surface area is 168 Å². The lowest BCUT2D eigenvalue weighted by Crippen LogP contribution is -2.42. The zero-order chi connectivity index (χ0) is 20.4. The highest BCUT2D eigenvalue weighted by Gasteiger charge is 2.28. The zero-order valence-electron chi connectivity index (χ0n) is 16.0. The molecule has 148 valence electrons. The minimum atomic E-state index is -0.848. The van der Waals surface area contributed by atoms with Gasteiger partial charge in [-0.3, -0.25) is 9.59 Å². The van der Waals surface area contributed by atoms with Crippen LogP contribution >= 0.6 is 0 Å². The molecule has 3 aromatic rings. The first-order valence-corrected chi connectivity index (χ1v) is 9.54. The number of nitrogens with zero attached hydrogens (tertiary/aromatic N) is 3. The zero-order valence-corrected chi connectivity index (χ0v) is 16.0. The van der Waals surface area contributed by atoms with E-state index >= 15 is 0 Å². The number of carbonyl (C=O) groups excluding carboxylic acids is 1. The van der Waals surface area contributed by atoms with E-state index in [9.17, 15) is 14.7 Å². The van der Waals surface area contributed by atoms with Gasteiger partial charge in [-0.15, -0.1) is 10.2 Å². The fourth-order valence-corrected chi connectivity index (χ4v) is 3.45. The van der Waals surface area contributed by atoms with Crippen LogP contribution in [0.3, 0.4) is 0 Å². The third kappa shape index (κ3) is 4.03. The van der Waals surface area contributed by atoms with Crippen molar-refractivity contribution in [2.24, 2.45) is 5.92 Å². The van der Waals surface area contributed by atoms with Gasteiger partial charge < -0.3 is 14.4 Å².